The monoisotopic (exact) mass is 463 g/mol. The van der Waals surface area contributed by atoms with E-state index in [0.717, 1.165) is 56.7 Å². The molecule has 0 unspecified atom stereocenters. The molecule has 4 rings (SSSR count). The second-order valence-corrected chi connectivity index (χ2v) is 11.5. The lowest BCUT2D eigenvalue weighted by Gasteiger charge is -2.45. The van der Waals surface area contributed by atoms with Gasteiger partial charge in [0.25, 0.3) is 0 Å². The minimum Gasteiger partial charge on any atom is -0.446 e. The molecule has 1 aliphatic carbocycles. The number of amides is 1. The van der Waals surface area contributed by atoms with E-state index in [2.05, 4.69) is 48.2 Å². The highest BCUT2D eigenvalue weighted by molar-refractivity contribution is 5.68. The predicted octanol–water partition coefficient (Wildman–Crippen LogP) is 4.66. The lowest BCUT2D eigenvalue weighted by Crippen LogP contribution is -2.50. The van der Waals surface area contributed by atoms with E-state index in [4.69, 9.17) is 10.00 Å². The van der Waals surface area contributed by atoms with Gasteiger partial charge < -0.3 is 14.2 Å². The maximum atomic E-state index is 12.9. The maximum Gasteiger partial charge on any atom is 0.410 e. The van der Waals surface area contributed by atoms with Crippen molar-refractivity contribution in [3.63, 3.8) is 0 Å². The Kier molecular flexibility index (Phi) is 6.99. The van der Waals surface area contributed by atoms with Crippen molar-refractivity contribution in [2.45, 2.75) is 66.2 Å². The van der Waals surface area contributed by atoms with Gasteiger partial charge in [-0.25, -0.2) is 9.78 Å². The average molecular weight is 464 g/mol. The summed E-state index contributed by atoms with van der Waals surface area (Å²) in [5, 5.41) is 8.98. The Labute approximate surface area is 203 Å². The molecule has 1 aliphatic heterocycles. The Bertz CT molecular complexity index is 1010. The quantitative estimate of drug-likeness (QED) is 0.645. The number of rotatable bonds is 5. The number of nitriles is 1. The van der Waals surface area contributed by atoms with Gasteiger partial charge in [-0.2, -0.15) is 5.26 Å². The number of benzene rings is 1. The minimum absolute atomic E-state index is 0.000793. The molecular weight excluding hydrogens is 426 g/mol. The molecule has 1 saturated heterocycles. The van der Waals surface area contributed by atoms with Crippen LogP contribution in [0.25, 0.3) is 0 Å². The van der Waals surface area contributed by atoms with Gasteiger partial charge in [0.15, 0.2) is 0 Å². The normalized spacial score (nSPS) is 20.6. The molecule has 1 saturated carbocycles. The molecule has 182 valence electrons. The molecule has 1 amide bonds. The van der Waals surface area contributed by atoms with Gasteiger partial charge in [0.1, 0.15) is 6.10 Å². The molecule has 1 aromatic carbocycles. The van der Waals surface area contributed by atoms with Crippen LogP contribution in [-0.2, 0) is 17.8 Å². The van der Waals surface area contributed by atoms with Gasteiger partial charge in [-0.1, -0.05) is 39.8 Å². The van der Waals surface area contributed by atoms with Crippen molar-refractivity contribution in [1.29, 1.82) is 5.26 Å². The first kappa shape index (κ1) is 24.3. The van der Waals surface area contributed by atoms with Gasteiger partial charge in [-0.15, -0.1) is 0 Å². The Balaban J connectivity index is 1.27. The fraction of sp³-hybridized carbons (Fsp3) is 0.593. The van der Waals surface area contributed by atoms with E-state index < -0.39 is 0 Å². The summed E-state index contributed by atoms with van der Waals surface area (Å²) in [6, 6.07) is 9.83. The van der Waals surface area contributed by atoms with Gasteiger partial charge in [0.2, 0.25) is 0 Å². The molecule has 2 fully saturated rings. The highest BCUT2D eigenvalue weighted by Crippen LogP contribution is 2.46. The molecular formula is C27H37N5O2. The van der Waals surface area contributed by atoms with E-state index in [-0.39, 0.29) is 23.0 Å². The van der Waals surface area contributed by atoms with Crippen molar-refractivity contribution in [1.82, 2.24) is 19.4 Å². The summed E-state index contributed by atoms with van der Waals surface area (Å²) in [4.78, 5) is 21.4. The number of carbonyl (C=O) groups excluding carboxylic acids is 1. The second-order valence-electron chi connectivity index (χ2n) is 11.5. The van der Waals surface area contributed by atoms with Crippen LogP contribution < -0.4 is 0 Å². The Morgan fingerprint density at radius 2 is 1.71 bits per heavy atom. The van der Waals surface area contributed by atoms with Crippen LogP contribution in [0.1, 0.15) is 63.8 Å². The molecule has 2 aromatic rings. The fourth-order valence-electron chi connectivity index (χ4n) is 5.87. The van der Waals surface area contributed by atoms with Crippen LogP contribution in [0.3, 0.4) is 0 Å². The van der Waals surface area contributed by atoms with Crippen molar-refractivity contribution in [3.05, 3.63) is 53.6 Å². The largest absolute Gasteiger partial charge is 0.446 e. The highest BCUT2D eigenvalue weighted by atomic mass is 16.6. The molecule has 0 atom stereocenters. The van der Waals surface area contributed by atoms with Crippen molar-refractivity contribution in [3.8, 4) is 6.07 Å². The Morgan fingerprint density at radius 3 is 2.32 bits per heavy atom. The molecule has 34 heavy (non-hydrogen) atoms. The van der Waals surface area contributed by atoms with Crippen LogP contribution in [0, 0.1) is 22.2 Å². The topological polar surface area (TPSA) is 74.4 Å². The summed E-state index contributed by atoms with van der Waals surface area (Å²) in [7, 11) is 0. The van der Waals surface area contributed by atoms with Gasteiger partial charge in [-0.3, -0.25) is 4.90 Å². The molecule has 7 heteroatoms. The standard InChI is InChI=1S/C27H37N5O2/c1-26(2)13-24(14-27(3,4)19-26)34-25(33)31-11-9-30(10-12-31)18-23-16-29-20-32(23)17-22-7-5-21(15-28)6-8-22/h5-8,16,20,24H,9-14,17-19H2,1-4H3. The number of ether oxygens (including phenoxy) is 1. The SMILES string of the molecule is CC1(C)CC(OC(=O)N2CCN(Cc3cncn3Cc3ccc(C#N)cc3)CC2)CC(C)(C)C1. The summed E-state index contributed by atoms with van der Waals surface area (Å²) < 4.78 is 8.13. The van der Waals surface area contributed by atoms with Gasteiger partial charge in [0.05, 0.1) is 23.7 Å². The fourth-order valence-corrected chi connectivity index (χ4v) is 5.87. The summed E-state index contributed by atoms with van der Waals surface area (Å²) in [6.07, 6.45) is 6.64. The van der Waals surface area contributed by atoms with Crippen LogP contribution in [0.5, 0.6) is 0 Å². The zero-order chi connectivity index (χ0) is 24.3. The predicted molar refractivity (Wildman–Crippen MR) is 131 cm³/mol. The lowest BCUT2D eigenvalue weighted by molar-refractivity contribution is -0.0284. The van der Waals surface area contributed by atoms with E-state index in [1.54, 1.807) is 0 Å². The molecule has 0 bridgehead atoms. The van der Waals surface area contributed by atoms with Crippen LogP contribution >= 0.6 is 0 Å². The summed E-state index contributed by atoms with van der Waals surface area (Å²) in [5.74, 6) is 0. The summed E-state index contributed by atoms with van der Waals surface area (Å²) >= 11 is 0. The number of hydrogen-bond donors (Lipinski definition) is 0. The van der Waals surface area contributed by atoms with E-state index in [1.165, 1.54) is 0 Å². The number of piperazine rings is 1. The number of carbonyl (C=O) groups is 1. The summed E-state index contributed by atoms with van der Waals surface area (Å²) in [5.41, 5.74) is 3.35. The third kappa shape index (κ3) is 6.18. The third-order valence-electron chi connectivity index (χ3n) is 7.04. The van der Waals surface area contributed by atoms with Gasteiger partial charge in [-0.05, 0) is 47.8 Å². The lowest BCUT2D eigenvalue weighted by atomic mass is 9.64. The first-order chi connectivity index (χ1) is 16.1. The van der Waals surface area contributed by atoms with Crippen LogP contribution in [0.4, 0.5) is 4.79 Å². The smallest absolute Gasteiger partial charge is 0.410 e. The third-order valence-corrected chi connectivity index (χ3v) is 7.04. The van der Waals surface area contributed by atoms with Gasteiger partial charge >= 0.3 is 6.09 Å². The second kappa shape index (κ2) is 9.79. The summed E-state index contributed by atoms with van der Waals surface area (Å²) in [6.45, 7) is 13.6. The number of imidazole rings is 1. The number of hydrogen-bond acceptors (Lipinski definition) is 5. The van der Waals surface area contributed by atoms with Crippen molar-refractivity contribution >= 4 is 6.09 Å². The maximum absolute atomic E-state index is 12.9. The van der Waals surface area contributed by atoms with E-state index in [1.807, 2.05) is 41.7 Å². The molecule has 0 spiro atoms. The highest BCUT2D eigenvalue weighted by Gasteiger charge is 2.40. The molecule has 1 aromatic heterocycles. The minimum atomic E-state index is -0.163. The first-order valence-electron chi connectivity index (χ1n) is 12.3. The zero-order valence-corrected chi connectivity index (χ0v) is 21.0. The molecule has 0 N–H and O–H groups in total. The first-order valence-corrected chi connectivity index (χ1v) is 12.3. The molecule has 2 heterocycles. The van der Waals surface area contributed by atoms with Gasteiger partial charge in [0, 0.05) is 45.5 Å². The van der Waals surface area contributed by atoms with Crippen LogP contribution in [0.2, 0.25) is 0 Å². The van der Waals surface area contributed by atoms with E-state index in [0.29, 0.717) is 18.7 Å². The number of nitrogens with zero attached hydrogens (tertiary/aromatic N) is 5. The Morgan fingerprint density at radius 1 is 1.06 bits per heavy atom. The van der Waals surface area contributed by atoms with Crippen LogP contribution in [0.15, 0.2) is 36.8 Å². The molecule has 0 radical (unpaired) electrons. The zero-order valence-electron chi connectivity index (χ0n) is 21.0. The van der Waals surface area contributed by atoms with E-state index in [9.17, 15) is 4.79 Å². The number of aromatic nitrogens is 2. The van der Waals surface area contributed by atoms with Crippen molar-refractivity contribution < 1.29 is 9.53 Å². The van der Waals surface area contributed by atoms with E-state index >= 15 is 0 Å². The molecule has 2 aliphatic rings. The van der Waals surface area contributed by atoms with Crippen LogP contribution in [-0.4, -0.2) is 57.7 Å². The molecule has 7 nitrogen and oxygen atoms in total. The average Bonchev–Trinajstić information content (AvgIpc) is 3.19. The van der Waals surface area contributed by atoms with Crippen molar-refractivity contribution in [2.24, 2.45) is 10.8 Å². The Hall–Kier alpha value is -2.85. The van der Waals surface area contributed by atoms with Crippen molar-refractivity contribution in [2.75, 3.05) is 26.2 Å².